The van der Waals surface area contributed by atoms with E-state index in [1.54, 1.807) is 4.63 Å². The second-order valence-electron chi connectivity index (χ2n) is 14.2. The minimum Gasteiger partial charge on any atom is -0.350 e. The second-order valence-corrected chi connectivity index (χ2v) is 14.6. The van der Waals surface area contributed by atoms with Crippen molar-refractivity contribution in [3.05, 3.63) is 16.5 Å². The second kappa shape index (κ2) is 12.1. The lowest BCUT2D eigenvalue weighted by Crippen LogP contribution is -2.63. The molecule has 1 saturated carbocycles. The molecule has 2 aliphatic rings. The molecule has 40 heavy (non-hydrogen) atoms. The number of nitrogens with one attached hydrogen (secondary N) is 2. The summed E-state index contributed by atoms with van der Waals surface area (Å²) in [4.78, 5) is 32.1. The van der Waals surface area contributed by atoms with Crippen LogP contribution in [0, 0.1) is 17.3 Å². The molecule has 1 spiro atoms. The fourth-order valence-electron chi connectivity index (χ4n) is 7.62. The summed E-state index contributed by atoms with van der Waals surface area (Å²) in [6.45, 7) is 15.3. The zero-order valence-electron chi connectivity index (χ0n) is 26.0. The van der Waals surface area contributed by atoms with E-state index >= 15 is 0 Å². The van der Waals surface area contributed by atoms with Crippen molar-refractivity contribution in [3.8, 4) is 0 Å². The molecule has 1 amide bonds. The van der Waals surface area contributed by atoms with Crippen molar-refractivity contribution in [2.45, 2.75) is 149 Å². The van der Waals surface area contributed by atoms with E-state index in [1.165, 1.54) is 19.3 Å². The van der Waals surface area contributed by atoms with Gasteiger partial charge in [-0.3, -0.25) is 14.7 Å². The number of aromatic amines is 1. The first-order chi connectivity index (χ1) is 18.9. The van der Waals surface area contributed by atoms with E-state index in [-0.39, 0.29) is 17.2 Å². The average Bonchev–Trinajstić information content (AvgIpc) is 3.43. The molecule has 0 radical (unpaired) electrons. The molecule has 2 unspecified atom stereocenters. The SMILES string of the molecule is CCCCC(CC)CCC1(CC(C)C)C(=O)CCC(=O)NC12CCC(c1nc3c(Cl)c(C(C)(C)C)[nH]n3n1)CC2. The normalized spacial score (nSPS) is 27.0. The van der Waals surface area contributed by atoms with Crippen molar-refractivity contribution in [3.63, 3.8) is 0 Å². The number of fused-ring (bicyclic) bond motifs is 1. The maximum atomic E-state index is 14.2. The minimum atomic E-state index is -0.517. The molecule has 1 saturated heterocycles. The van der Waals surface area contributed by atoms with Gasteiger partial charge in [-0.2, -0.15) is 4.63 Å². The topological polar surface area (TPSA) is 92.1 Å². The third kappa shape index (κ3) is 6.00. The van der Waals surface area contributed by atoms with Gasteiger partial charge in [0.15, 0.2) is 11.5 Å². The Morgan fingerprint density at radius 1 is 1.10 bits per heavy atom. The van der Waals surface area contributed by atoms with Gasteiger partial charge in [-0.05, 0) is 56.8 Å². The van der Waals surface area contributed by atoms with Crippen molar-refractivity contribution in [1.29, 1.82) is 0 Å². The molecule has 0 aromatic carbocycles. The largest absolute Gasteiger partial charge is 0.350 e. The lowest BCUT2D eigenvalue weighted by molar-refractivity contribution is -0.138. The van der Waals surface area contributed by atoms with Crippen LogP contribution in [0.2, 0.25) is 5.02 Å². The molecular formula is C32H52ClN5O2. The van der Waals surface area contributed by atoms with Gasteiger partial charge in [-0.1, -0.05) is 85.8 Å². The van der Waals surface area contributed by atoms with Crippen molar-refractivity contribution in [2.24, 2.45) is 17.3 Å². The Bertz CT molecular complexity index is 1180. The van der Waals surface area contributed by atoms with Gasteiger partial charge in [-0.15, -0.1) is 5.10 Å². The maximum absolute atomic E-state index is 14.2. The van der Waals surface area contributed by atoms with Gasteiger partial charge in [0, 0.05) is 24.2 Å². The Kier molecular flexibility index (Phi) is 9.43. The number of hydrogen-bond donors (Lipinski definition) is 2. The summed E-state index contributed by atoms with van der Waals surface area (Å²) in [6.07, 6.45) is 11.5. The van der Waals surface area contributed by atoms with Crippen LogP contribution in [-0.4, -0.2) is 37.0 Å². The van der Waals surface area contributed by atoms with Crippen molar-refractivity contribution >= 4 is 28.9 Å². The number of amides is 1. The van der Waals surface area contributed by atoms with E-state index in [1.807, 2.05) is 0 Å². The van der Waals surface area contributed by atoms with Crippen molar-refractivity contribution < 1.29 is 9.59 Å². The van der Waals surface area contributed by atoms with Crippen LogP contribution >= 0.6 is 11.6 Å². The number of rotatable bonds is 10. The highest BCUT2D eigenvalue weighted by Crippen LogP contribution is 2.54. The van der Waals surface area contributed by atoms with Gasteiger partial charge >= 0.3 is 0 Å². The Balaban J connectivity index is 1.63. The van der Waals surface area contributed by atoms with Crippen LogP contribution in [0.1, 0.15) is 149 Å². The van der Waals surface area contributed by atoms with Gasteiger partial charge in [0.05, 0.1) is 16.6 Å². The van der Waals surface area contributed by atoms with Gasteiger partial charge in [-0.25, -0.2) is 4.98 Å². The number of ketones is 1. The number of H-pyrrole nitrogens is 1. The quantitative estimate of drug-likeness (QED) is 0.302. The first kappa shape index (κ1) is 31.1. The lowest BCUT2D eigenvalue weighted by Gasteiger charge is -2.53. The summed E-state index contributed by atoms with van der Waals surface area (Å²) in [5.41, 5.74) is 0.455. The predicted molar refractivity (Wildman–Crippen MR) is 162 cm³/mol. The lowest BCUT2D eigenvalue weighted by atomic mass is 9.54. The van der Waals surface area contributed by atoms with Crippen molar-refractivity contribution in [2.75, 3.05) is 0 Å². The summed E-state index contributed by atoms with van der Waals surface area (Å²) >= 11 is 6.71. The molecule has 0 bridgehead atoms. The molecule has 3 heterocycles. The number of aromatic nitrogens is 4. The zero-order valence-corrected chi connectivity index (χ0v) is 26.7. The predicted octanol–water partition coefficient (Wildman–Crippen LogP) is 7.91. The minimum absolute atomic E-state index is 0.0328. The maximum Gasteiger partial charge on any atom is 0.220 e. The van der Waals surface area contributed by atoms with Crippen LogP contribution in [0.5, 0.6) is 0 Å². The van der Waals surface area contributed by atoms with E-state index in [4.69, 9.17) is 21.7 Å². The molecule has 1 aliphatic carbocycles. The van der Waals surface area contributed by atoms with Gasteiger partial charge in [0.2, 0.25) is 5.91 Å². The molecular weight excluding hydrogens is 522 g/mol. The van der Waals surface area contributed by atoms with Crippen LogP contribution in [0.25, 0.3) is 5.65 Å². The van der Waals surface area contributed by atoms with E-state index in [2.05, 4.69) is 58.9 Å². The number of carbonyl (C=O) groups excluding carboxylic acids is 2. The number of Topliss-reactive ketones (excluding diaryl/α,β-unsaturated/α-hetero) is 1. The van der Waals surface area contributed by atoms with E-state index in [0.717, 1.165) is 62.9 Å². The molecule has 1 aliphatic heterocycles. The molecule has 224 valence electrons. The highest BCUT2D eigenvalue weighted by molar-refractivity contribution is 6.34. The fraction of sp³-hybridized carbons (Fsp3) is 0.812. The van der Waals surface area contributed by atoms with E-state index in [0.29, 0.717) is 41.1 Å². The molecule has 8 heteroatoms. The summed E-state index contributed by atoms with van der Waals surface area (Å²) in [6, 6.07) is 0. The standard InChI is InChI=1S/C32H52ClN5O2/c1-8-10-11-22(9-2)14-17-31(20-21(3)4)24(39)12-13-25(40)35-32(31)18-15-23(16-19-32)28-34-29-26(33)27(30(5,6)7)36-38(29)37-28/h21-23,36H,8-20H2,1-7H3,(H,35,40). The summed E-state index contributed by atoms with van der Waals surface area (Å²) < 4.78 is 1.71. The molecule has 2 N–H and O–H groups in total. The third-order valence-electron chi connectivity index (χ3n) is 9.90. The molecule has 2 atom stereocenters. The van der Waals surface area contributed by atoms with Crippen LogP contribution in [-0.2, 0) is 15.0 Å². The third-order valence-corrected chi connectivity index (χ3v) is 10.3. The fourth-order valence-corrected chi connectivity index (χ4v) is 8.07. The van der Waals surface area contributed by atoms with Crippen LogP contribution < -0.4 is 5.32 Å². The Hall–Kier alpha value is -1.89. The van der Waals surface area contributed by atoms with Gasteiger partial charge in [0.1, 0.15) is 10.8 Å². The molecule has 2 aromatic rings. The number of unbranched alkanes of at least 4 members (excludes halogenated alkanes) is 1. The summed E-state index contributed by atoms with van der Waals surface area (Å²) in [5, 5.41) is 12.3. The monoisotopic (exact) mass is 573 g/mol. The van der Waals surface area contributed by atoms with Gasteiger partial charge in [0.25, 0.3) is 0 Å². The average molecular weight is 574 g/mol. The van der Waals surface area contributed by atoms with Crippen LogP contribution in [0.15, 0.2) is 0 Å². The van der Waals surface area contributed by atoms with Gasteiger partial charge < -0.3 is 5.32 Å². The highest BCUT2D eigenvalue weighted by Gasteiger charge is 2.58. The van der Waals surface area contributed by atoms with Crippen molar-refractivity contribution in [1.82, 2.24) is 25.1 Å². The van der Waals surface area contributed by atoms with E-state index in [9.17, 15) is 9.59 Å². The highest BCUT2D eigenvalue weighted by atomic mass is 35.5. The number of hydrogen-bond acceptors (Lipinski definition) is 4. The molecule has 4 rings (SSSR count). The molecule has 7 nitrogen and oxygen atoms in total. The molecule has 2 fully saturated rings. The van der Waals surface area contributed by atoms with E-state index < -0.39 is 11.0 Å². The smallest absolute Gasteiger partial charge is 0.220 e. The number of carbonyl (C=O) groups is 2. The number of halogens is 1. The summed E-state index contributed by atoms with van der Waals surface area (Å²) in [7, 11) is 0. The Labute approximate surface area is 246 Å². The zero-order chi connectivity index (χ0) is 29.3. The summed E-state index contributed by atoms with van der Waals surface area (Å²) in [5.74, 6) is 2.31. The Morgan fingerprint density at radius 2 is 1.80 bits per heavy atom. The van der Waals surface area contributed by atoms with Crippen LogP contribution in [0.4, 0.5) is 0 Å². The molecule has 2 aromatic heterocycles. The number of nitrogens with zero attached hydrogens (tertiary/aromatic N) is 3. The first-order valence-corrected chi connectivity index (χ1v) is 16.2. The van der Waals surface area contributed by atoms with Crippen LogP contribution in [0.3, 0.4) is 0 Å². The Morgan fingerprint density at radius 3 is 2.38 bits per heavy atom. The first-order valence-electron chi connectivity index (χ1n) is 15.8.